The smallest absolute Gasteiger partial charge is 0.120 e. The number of hydrogen-bond acceptors (Lipinski definition) is 3. The van der Waals surface area contributed by atoms with E-state index in [0.29, 0.717) is 0 Å². The summed E-state index contributed by atoms with van der Waals surface area (Å²) in [6.45, 7) is 5.68. The second kappa shape index (κ2) is 6.58. The van der Waals surface area contributed by atoms with E-state index in [9.17, 15) is 0 Å². The van der Waals surface area contributed by atoms with Gasteiger partial charge in [-0.25, -0.2) is 0 Å². The summed E-state index contributed by atoms with van der Waals surface area (Å²) in [5.74, 6) is 0. The Morgan fingerprint density at radius 1 is 1.39 bits per heavy atom. The highest BCUT2D eigenvalue weighted by molar-refractivity contribution is 5.28. The molecule has 1 N–H and O–H groups in total. The van der Waals surface area contributed by atoms with Crippen molar-refractivity contribution in [3.63, 3.8) is 0 Å². The number of hydrogen-bond donors (Lipinski definition) is 1. The molecule has 2 heterocycles. The number of nitriles is 1. The van der Waals surface area contributed by atoms with Crippen LogP contribution in [0.1, 0.15) is 30.5 Å². The molecule has 0 aliphatic carbocycles. The van der Waals surface area contributed by atoms with Crippen molar-refractivity contribution in [2.45, 2.75) is 25.8 Å². The van der Waals surface area contributed by atoms with Crippen LogP contribution < -0.4 is 5.32 Å². The normalized spacial score (nSPS) is 16.0. The largest absolute Gasteiger partial charge is 0.342 e. The predicted octanol–water partition coefficient (Wildman–Crippen LogP) is 1.47. The summed E-state index contributed by atoms with van der Waals surface area (Å²) < 4.78 is 1.88. The molecule has 1 aliphatic rings. The van der Waals surface area contributed by atoms with Crippen LogP contribution in [0.15, 0.2) is 12.3 Å². The molecule has 1 aromatic rings. The van der Waals surface area contributed by atoms with E-state index in [1.54, 1.807) is 0 Å². The highest BCUT2D eigenvalue weighted by Gasteiger charge is 2.09. The number of nitrogens with one attached hydrogen (secondary N) is 1. The van der Waals surface area contributed by atoms with Crippen LogP contribution in [0.4, 0.5) is 0 Å². The first-order valence-corrected chi connectivity index (χ1v) is 6.78. The van der Waals surface area contributed by atoms with Gasteiger partial charge in [-0.3, -0.25) is 0 Å². The van der Waals surface area contributed by atoms with Gasteiger partial charge in [0.05, 0.1) is 0 Å². The van der Waals surface area contributed by atoms with Crippen molar-refractivity contribution in [3.05, 3.63) is 23.5 Å². The standard InChI is InChI=1S/C14H22N4/c1-17-12-13(9-14(17)10-15)11-16-5-4-8-18-6-2-3-7-18/h9,12,16H,2-8,11H2,1H3. The minimum atomic E-state index is 0.726. The van der Waals surface area contributed by atoms with Gasteiger partial charge in [0.25, 0.3) is 0 Å². The molecule has 0 saturated carbocycles. The molecular formula is C14H22N4. The Morgan fingerprint density at radius 2 is 2.17 bits per heavy atom. The molecule has 4 heteroatoms. The van der Waals surface area contributed by atoms with Crippen LogP contribution in [-0.2, 0) is 13.6 Å². The number of aromatic nitrogens is 1. The lowest BCUT2D eigenvalue weighted by atomic mass is 10.3. The average Bonchev–Trinajstić information content (AvgIpc) is 2.98. The molecule has 2 rings (SSSR count). The van der Waals surface area contributed by atoms with Gasteiger partial charge in [0.15, 0.2) is 0 Å². The van der Waals surface area contributed by atoms with Gasteiger partial charge in [0, 0.05) is 19.8 Å². The number of aryl methyl sites for hydroxylation is 1. The van der Waals surface area contributed by atoms with E-state index in [1.165, 1.54) is 44.5 Å². The fourth-order valence-electron chi connectivity index (χ4n) is 2.51. The van der Waals surface area contributed by atoms with Gasteiger partial charge in [-0.15, -0.1) is 0 Å². The lowest BCUT2D eigenvalue weighted by Crippen LogP contribution is -2.24. The van der Waals surface area contributed by atoms with Gasteiger partial charge >= 0.3 is 0 Å². The van der Waals surface area contributed by atoms with Crippen LogP contribution >= 0.6 is 0 Å². The lowest BCUT2D eigenvalue weighted by Gasteiger charge is -2.14. The first kappa shape index (κ1) is 13.1. The third-order valence-corrected chi connectivity index (χ3v) is 3.53. The maximum absolute atomic E-state index is 8.87. The van der Waals surface area contributed by atoms with Gasteiger partial charge < -0.3 is 14.8 Å². The third kappa shape index (κ3) is 3.59. The zero-order valence-corrected chi connectivity index (χ0v) is 11.2. The summed E-state index contributed by atoms with van der Waals surface area (Å²) in [6.07, 6.45) is 5.97. The molecule has 1 saturated heterocycles. The molecule has 0 atom stereocenters. The predicted molar refractivity (Wildman–Crippen MR) is 72.1 cm³/mol. The van der Waals surface area contributed by atoms with Crippen molar-refractivity contribution in [3.8, 4) is 6.07 Å². The van der Waals surface area contributed by atoms with Crippen LogP contribution in [0.3, 0.4) is 0 Å². The number of rotatable bonds is 6. The molecule has 98 valence electrons. The summed E-state index contributed by atoms with van der Waals surface area (Å²) in [4.78, 5) is 2.54. The van der Waals surface area contributed by atoms with Crippen molar-refractivity contribution in [1.29, 1.82) is 5.26 Å². The number of likely N-dealkylation sites (tertiary alicyclic amines) is 1. The molecule has 1 aliphatic heterocycles. The fourth-order valence-corrected chi connectivity index (χ4v) is 2.51. The van der Waals surface area contributed by atoms with Gasteiger partial charge in [-0.1, -0.05) is 0 Å². The molecule has 0 amide bonds. The average molecular weight is 246 g/mol. The molecule has 0 aromatic carbocycles. The summed E-state index contributed by atoms with van der Waals surface area (Å²) in [6, 6.07) is 4.13. The fraction of sp³-hybridized carbons (Fsp3) is 0.643. The van der Waals surface area contributed by atoms with E-state index in [-0.39, 0.29) is 0 Å². The van der Waals surface area contributed by atoms with E-state index in [2.05, 4.69) is 16.3 Å². The second-order valence-electron chi connectivity index (χ2n) is 5.04. The zero-order valence-electron chi connectivity index (χ0n) is 11.2. The summed E-state index contributed by atoms with van der Waals surface area (Å²) in [5.41, 5.74) is 1.92. The van der Waals surface area contributed by atoms with Crippen LogP contribution in [0, 0.1) is 11.3 Å². The van der Waals surface area contributed by atoms with Crippen molar-refractivity contribution < 1.29 is 0 Å². The Kier molecular flexibility index (Phi) is 4.80. The highest BCUT2D eigenvalue weighted by atomic mass is 15.1. The van der Waals surface area contributed by atoms with E-state index in [4.69, 9.17) is 5.26 Å². The number of nitrogens with zero attached hydrogens (tertiary/aromatic N) is 3. The maximum atomic E-state index is 8.87. The summed E-state index contributed by atoms with van der Waals surface area (Å²) in [5, 5.41) is 12.3. The molecule has 0 unspecified atom stereocenters. The van der Waals surface area contributed by atoms with Gasteiger partial charge in [-0.05, 0) is 57.1 Å². The molecule has 1 aromatic heterocycles. The third-order valence-electron chi connectivity index (χ3n) is 3.53. The van der Waals surface area contributed by atoms with E-state index in [1.807, 2.05) is 23.9 Å². The van der Waals surface area contributed by atoms with Crippen LogP contribution in [0.5, 0.6) is 0 Å². The van der Waals surface area contributed by atoms with E-state index < -0.39 is 0 Å². The molecule has 1 fully saturated rings. The first-order chi connectivity index (χ1) is 8.79. The van der Waals surface area contributed by atoms with Crippen molar-refractivity contribution in [2.75, 3.05) is 26.2 Å². The monoisotopic (exact) mass is 246 g/mol. The van der Waals surface area contributed by atoms with Crippen molar-refractivity contribution >= 4 is 0 Å². The SMILES string of the molecule is Cn1cc(CNCCCN2CCCC2)cc1C#N. The maximum Gasteiger partial charge on any atom is 0.120 e. The summed E-state index contributed by atoms with van der Waals surface area (Å²) >= 11 is 0. The van der Waals surface area contributed by atoms with Gasteiger partial charge in [0.1, 0.15) is 11.8 Å². The lowest BCUT2D eigenvalue weighted by molar-refractivity contribution is 0.331. The van der Waals surface area contributed by atoms with Crippen LogP contribution in [0.25, 0.3) is 0 Å². The molecule has 4 nitrogen and oxygen atoms in total. The molecular weight excluding hydrogens is 224 g/mol. The first-order valence-electron chi connectivity index (χ1n) is 6.78. The van der Waals surface area contributed by atoms with Crippen molar-refractivity contribution in [2.24, 2.45) is 7.05 Å². The zero-order chi connectivity index (χ0) is 12.8. The highest BCUT2D eigenvalue weighted by Crippen LogP contribution is 2.07. The van der Waals surface area contributed by atoms with Crippen LogP contribution in [-0.4, -0.2) is 35.6 Å². The molecule has 0 bridgehead atoms. The van der Waals surface area contributed by atoms with Gasteiger partial charge in [-0.2, -0.15) is 5.26 Å². The van der Waals surface area contributed by atoms with E-state index in [0.717, 1.165) is 18.8 Å². The Bertz CT molecular complexity index is 410. The summed E-state index contributed by atoms with van der Waals surface area (Å²) in [7, 11) is 1.91. The minimum Gasteiger partial charge on any atom is -0.342 e. The molecule has 0 radical (unpaired) electrons. The topological polar surface area (TPSA) is 44.0 Å². The van der Waals surface area contributed by atoms with Gasteiger partial charge in [0.2, 0.25) is 0 Å². The molecule has 18 heavy (non-hydrogen) atoms. The Labute approximate surface area is 109 Å². The Balaban J connectivity index is 1.61. The van der Waals surface area contributed by atoms with Crippen molar-refractivity contribution in [1.82, 2.24) is 14.8 Å². The Hall–Kier alpha value is -1.31. The quantitative estimate of drug-likeness (QED) is 0.773. The minimum absolute atomic E-state index is 0.726. The van der Waals surface area contributed by atoms with Crippen LogP contribution in [0.2, 0.25) is 0 Å². The van der Waals surface area contributed by atoms with E-state index >= 15 is 0 Å². The molecule has 0 spiro atoms. The second-order valence-corrected chi connectivity index (χ2v) is 5.04. The Morgan fingerprint density at radius 3 is 2.83 bits per heavy atom.